The van der Waals surface area contributed by atoms with Crippen LogP contribution < -0.4 is 9.47 Å². The minimum atomic E-state index is -3.21. The smallest absolute Gasteiger partial charge is 0.213 e. The zero-order valence-corrected chi connectivity index (χ0v) is 13.7. The molecule has 1 aliphatic heterocycles. The minimum Gasteiger partial charge on any atom is -0.486 e. The Bertz CT molecular complexity index is 612. The Morgan fingerprint density at radius 2 is 1.95 bits per heavy atom. The van der Waals surface area contributed by atoms with Gasteiger partial charge in [0.2, 0.25) is 10.0 Å². The number of nitrogens with zero attached hydrogens (tertiary/aromatic N) is 1. The summed E-state index contributed by atoms with van der Waals surface area (Å²) in [6.45, 7) is 0.695. The third kappa shape index (κ3) is 3.55. The second kappa shape index (κ2) is 6.46. The molecule has 5 nitrogen and oxygen atoms in total. The third-order valence-corrected chi connectivity index (χ3v) is 6.36. The number of hydrogen-bond acceptors (Lipinski definition) is 4. The molecule has 122 valence electrons. The third-order valence-electron chi connectivity index (χ3n) is 4.51. The van der Waals surface area contributed by atoms with Gasteiger partial charge in [-0.25, -0.2) is 12.7 Å². The molecule has 3 rings (SSSR count). The van der Waals surface area contributed by atoms with Crippen LogP contribution in [0, 0.1) is 5.92 Å². The molecule has 2 aliphatic rings. The molecule has 0 amide bonds. The molecule has 1 fully saturated rings. The van der Waals surface area contributed by atoms with Gasteiger partial charge in [-0.3, -0.25) is 0 Å². The van der Waals surface area contributed by atoms with E-state index in [-0.39, 0.29) is 11.9 Å². The molecule has 0 aromatic heterocycles. The molecular formula is C16H23NO4S. The number of fused-ring (bicyclic) bond motifs is 1. The molecule has 22 heavy (non-hydrogen) atoms. The Hall–Kier alpha value is -1.27. The maximum Gasteiger partial charge on any atom is 0.213 e. The lowest BCUT2D eigenvalue weighted by atomic mass is 9.84. The highest BCUT2D eigenvalue weighted by atomic mass is 32.2. The molecule has 1 aromatic carbocycles. The predicted molar refractivity (Wildman–Crippen MR) is 84.7 cm³/mol. The van der Waals surface area contributed by atoms with Crippen molar-refractivity contribution in [2.75, 3.05) is 26.0 Å². The lowest BCUT2D eigenvalue weighted by Gasteiger charge is -2.30. The summed E-state index contributed by atoms with van der Waals surface area (Å²) in [7, 11) is -1.59. The number of sulfonamides is 1. The van der Waals surface area contributed by atoms with Crippen molar-refractivity contribution in [3.8, 4) is 11.5 Å². The number of rotatable bonds is 6. The predicted octanol–water partition coefficient (Wildman–Crippen LogP) is 2.28. The monoisotopic (exact) mass is 325 g/mol. The summed E-state index contributed by atoms with van der Waals surface area (Å²) < 4.78 is 37.5. The van der Waals surface area contributed by atoms with E-state index >= 15 is 0 Å². The fourth-order valence-electron chi connectivity index (χ4n) is 2.81. The van der Waals surface area contributed by atoms with Gasteiger partial charge in [0.15, 0.2) is 11.5 Å². The van der Waals surface area contributed by atoms with E-state index in [4.69, 9.17) is 9.47 Å². The van der Waals surface area contributed by atoms with E-state index in [0.29, 0.717) is 30.6 Å². The SMILES string of the molecule is CN(CC1COc2ccccc2O1)S(=O)(=O)CCC1CCC1. The van der Waals surface area contributed by atoms with Crippen LogP contribution in [0.5, 0.6) is 11.5 Å². The van der Waals surface area contributed by atoms with Crippen LogP contribution in [0.3, 0.4) is 0 Å². The van der Waals surface area contributed by atoms with Gasteiger partial charge in [0.1, 0.15) is 12.7 Å². The normalized spacial score (nSPS) is 21.6. The summed E-state index contributed by atoms with van der Waals surface area (Å²) in [5.41, 5.74) is 0. The van der Waals surface area contributed by atoms with Gasteiger partial charge in [-0.05, 0) is 24.5 Å². The van der Waals surface area contributed by atoms with E-state index in [1.165, 1.54) is 23.6 Å². The zero-order valence-electron chi connectivity index (χ0n) is 12.9. The first kappa shape index (κ1) is 15.6. The molecular weight excluding hydrogens is 302 g/mol. The molecule has 0 saturated heterocycles. The molecule has 6 heteroatoms. The van der Waals surface area contributed by atoms with E-state index in [0.717, 1.165) is 6.42 Å². The average molecular weight is 325 g/mol. The largest absolute Gasteiger partial charge is 0.486 e. The first-order chi connectivity index (χ1) is 10.5. The number of ether oxygens (including phenoxy) is 2. The molecule has 1 unspecified atom stereocenters. The zero-order chi connectivity index (χ0) is 15.6. The van der Waals surface area contributed by atoms with Crippen molar-refractivity contribution < 1.29 is 17.9 Å². The van der Waals surface area contributed by atoms with Crippen LogP contribution >= 0.6 is 0 Å². The van der Waals surface area contributed by atoms with Crippen LogP contribution in [-0.2, 0) is 10.0 Å². The van der Waals surface area contributed by atoms with Gasteiger partial charge >= 0.3 is 0 Å². The number of para-hydroxylation sites is 2. The van der Waals surface area contributed by atoms with Crippen molar-refractivity contribution in [3.63, 3.8) is 0 Å². The van der Waals surface area contributed by atoms with Crippen molar-refractivity contribution in [3.05, 3.63) is 24.3 Å². The lowest BCUT2D eigenvalue weighted by molar-refractivity contribution is 0.0798. The maximum atomic E-state index is 12.3. The highest BCUT2D eigenvalue weighted by molar-refractivity contribution is 7.89. The van der Waals surface area contributed by atoms with Gasteiger partial charge in [-0.2, -0.15) is 0 Å². The van der Waals surface area contributed by atoms with Crippen LogP contribution in [0.1, 0.15) is 25.7 Å². The molecule has 0 N–H and O–H groups in total. The molecule has 1 aromatic rings. The second-order valence-electron chi connectivity index (χ2n) is 6.18. The van der Waals surface area contributed by atoms with Crippen molar-refractivity contribution in [2.24, 2.45) is 5.92 Å². The summed E-state index contributed by atoms with van der Waals surface area (Å²) in [6, 6.07) is 7.46. The number of likely N-dealkylation sites (N-methyl/N-ethyl adjacent to an activating group) is 1. The van der Waals surface area contributed by atoms with Gasteiger partial charge in [-0.15, -0.1) is 0 Å². The van der Waals surface area contributed by atoms with Crippen LogP contribution in [0.2, 0.25) is 0 Å². The van der Waals surface area contributed by atoms with Gasteiger partial charge in [0, 0.05) is 7.05 Å². The fraction of sp³-hybridized carbons (Fsp3) is 0.625. The first-order valence-electron chi connectivity index (χ1n) is 7.87. The molecule has 1 heterocycles. The van der Waals surface area contributed by atoms with Gasteiger partial charge < -0.3 is 9.47 Å². The van der Waals surface area contributed by atoms with Crippen molar-refractivity contribution >= 4 is 10.0 Å². The molecule has 0 radical (unpaired) electrons. The summed E-state index contributed by atoms with van der Waals surface area (Å²) in [5, 5.41) is 0. The maximum absolute atomic E-state index is 12.3. The van der Waals surface area contributed by atoms with Crippen LogP contribution in [-0.4, -0.2) is 44.8 Å². The molecule has 0 spiro atoms. The van der Waals surface area contributed by atoms with E-state index in [1.807, 2.05) is 24.3 Å². The summed E-state index contributed by atoms with van der Waals surface area (Å²) in [4.78, 5) is 0. The average Bonchev–Trinajstić information content (AvgIpc) is 2.45. The topological polar surface area (TPSA) is 55.8 Å². The Morgan fingerprint density at radius 3 is 2.64 bits per heavy atom. The van der Waals surface area contributed by atoms with E-state index < -0.39 is 10.0 Å². The summed E-state index contributed by atoms with van der Waals surface area (Å²) in [6.07, 6.45) is 4.11. The first-order valence-corrected chi connectivity index (χ1v) is 9.48. The van der Waals surface area contributed by atoms with Gasteiger partial charge in [0.25, 0.3) is 0 Å². The van der Waals surface area contributed by atoms with E-state index in [1.54, 1.807) is 7.05 Å². The van der Waals surface area contributed by atoms with E-state index in [9.17, 15) is 8.42 Å². The molecule has 1 saturated carbocycles. The van der Waals surface area contributed by atoms with Crippen molar-refractivity contribution in [1.82, 2.24) is 4.31 Å². The molecule has 1 atom stereocenters. The fourth-order valence-corrected chi connectivity index (χ4v) is 4.14. The quantitative estimate of drug-likeness (QED) is 0.805. The van der Waals surface area contributed by atoms with Gasteiger partial charge in [0.05, 0.1) is 12.3 Å². The molecule has 0 bridgehead atoms. The Kier molecular flexibility index (Phi) is 4.59. The number of hydrogen-bond donors (Lipinski definition) is 0. The summed E-state index contributed by atoms with van der Waals surface area (Å²) in [5.74, 6) is 2.23. The van der Waals surface area contributed by atoms with Crippen LogP contribution in [0.15, 0.2) is 24.3 Å². The minimum absolute atomic E-state index is 0.234. The molecule has 1 aliphatic carbocycles. The standard InChI is InChI=1S/C16H23NO4S/c1-17(22(18,19)10-9-13-5-4-6-13)11-14-12-20-15-7-2-3-8-16(15)21-14/h2-3,7-8,13-14H,4-6,9-12H2,1H3. The lowest BCUT2D eigenvalue weighted by Crippen LogP contribution is -2.42. The Labute approximate surface area is 132 Å². The van der Waals surface area contributed by atoms with E-state index in [2.05, 4.69) is 0 Å². The second-order valence-corrected chi connectivity index (χ2v) is 8.38. The Balaban J connectivity index is 1.54. The van der Waals surface area contributed by atoms with Crippen molar-refractivity contribution in [1.29, 1.82) is 0 Å². The highest BCUT2D eigenvalue weighted by Gasteiger charge is 2.28. The van der Waals surface area contributed by atoms with Crippen molar-refractivity contribution in [2.45, 2.75) is 31.8 Å². The van der Waals surface area contributed by atoms with Crippen LogP contribution in [0.4, 0.5) is 0 Å². The van der Waals surface area contributed by atoms with Gasteiger partial charge in [-0.1, -0.05) is 31.4 Å². The Morgan fingerprint density at radius 1 is 1.23 bits per heavy atom. The number of benzene rings is 1. The van der Waals surface area contributed by atoms with Crippen LogP contribution in [0.25, 0.3) is 0 Å². The highest BCUT2D eigenvalue weighted by Crippen LogP contribution is 2.32. The summed E-state index contributed by atoms with van der Waals surface area (Å²) >= 11 is 0.